The van der Waals surface area contributed by atoms with E-state index >= 15 is 0 Å². The fraction of sp³-hybridized carbons (Fsp3) is 0.167. The van der Waals surface area contributed by atoms with E-state index in [0.717, 1.165) is 5.56 Å². The summed E-state index contributed by atoms with van der Waals surface area (Å²) >= 11 is 1.53. The number of benzene rings is 1. The maximum absolute atomic E-state index is 12.2. The van der Waals surface area contributed by atoms with Gasteiger partial charge < -0.3 is 5.73 Å². The summed E-state index contributed by atoms with van der Waals surface area (Å²) in [5.41, 5.74) is 6.88. The van der Waals surface area contributed by atoms with Crippen LogP contribution in [0.2, 0.25) is 0 Å². The van der Waals surface area contributed by atoms with E-state index in [0.29, 0.717) is 0 Å². The number of hydrogen-bond acceptors (Lipinski definition) is 4. The monoisotopic (exact) mass is 282 g/mol. The normalized spacial score (nSPS) is 13.4. The van der Waals surface area contributed by atoms with Crippen LogP contribution in [0.25, 0.3) is 0 Å². The predicted molar refractivity (Wildman–Crippen MR) is 73.9 cm³/mol. The summed E-state index contributed by atoms with van der Waals surface area (Å²) in [5.74, 6) is 0. The third-order valence-corrected chi connectivity index (χ3v) is 4.90. The smallest absolute Gasteiger partial charge is 0.243 e. The van der Waals surface area contributed by atoms with E-state index < -0.39 is 10.0 Å². The molecule has 4 nitrogen and oxygen atoms in total. The van der Waals surface area contributed by atoms with Crippen LogP contribution in [-0.4, -0.2) is 8.42 Å². The van der Waals surface area contributed by atoms with Crippen molar-refractivity contribution >= 4 is 27.0 Å². The largest absolute Gasteiger partial charge is 0.398 e. The Morgan fingerprint density at radius 3 is 2.61 bits per heavy atom. The summed E-state index contributed by atoms with van der Waals surface area (Å²) in [6, 6.07) is 8.05. The standard InChI is InChI=1S/C12H14N2O2S2/c1-9(10-6-7-17-8-10)14-18(15,16)12-5-3-2-4-11(12)13/h2-9,14H,13H2,1H3. The quantitative estimate of drug-likeness (QED) is 0.846. The fourth-order valence-electron chi connectivity index (χ4n) is 1.61. The first kappa shape index (κ1) is 13.1. The molecular formula is C12H14N2O2S2. The molecule has 0 aliphatic carbocycles. The summed E-state index contributed by atoms with van der Waals surface area (Å²) in [5, 5.41) is 3.83. The van der Waals surface area contributed by atoms with Crippen LogP contribution in [0.5, 0.6) is 0 Å². The summed E-state index contributed by atoms with van der Waals surface area (Å²) in [4.78, 5) is 0.118. The highest BCUT2D eigenvalue weighted by molar-refractivity contribution is 7.89. The molecule has 1 heterocycles. The van der Waals surface area contributed by atoms with Gasteiger partial charge in [-0.15, -0.1) is 0 Å². The zero-order valence-corrected chi connectivity index (χ0v) is 11.5. The minimum atomic E-state index is -3.59. The summed E-state index contributed by atoms with van der Waals surface area (Å²) in [6.07, 6.45) is 0. The minimum absolute atomic E-state index is 0.118. The molecule has 96 valence electrons. The Hall–Kier alpha value is -1.37. The van der Waals surface area contributed by atoms with Gasteiger partial charge in [0.05, 0.1) is 5.69 Å². The van der Waals surface area contributed by atoms with Crippen LogP contribution in [-0.2, 0) is 10.0 Å². The van der Waals surface area contributed by atoms with Gasteiger partial charge in [0.1, 0.15) is 4.90 Å². The highest BCUT2D eigenvalue weighted by Gasteiger charge is 2.20. The van der Waals surface area contributed by atoms with Crippen molar-refractivity contribution in [2.45, 2.75) is 17.9 Å². The molecule has 0 saturated carbocycles. The Bertz CT molecular complexity index is 621. The number of nitrogen functional groups attached to an aromatic ring is 1. The lowest BCUT2D eigenvalue weighted by atomic mass is 10.2. The number of sulfonamides is 1. The molecule has 0 saturated heterocycles. The minimum Gasteiger partial charge on any atom is -0.398 e. The Morgan fingerprint density at radius 2 is 2.00 bits per heavy atom. The highest BCUT2D eigenvalue weighted by atomic mass is 32.2. The first-order valence-electron chi connectivity index (χ1n) is 5.39. The fourth-order valence-corrected chi connectivity index (χ4v) is 3.73. The van der Waals surface area contributed by atoms with Gasteiger partial charge in [-0.05, 0) is 41.4 Å². The third-order valence-electron chi connectivity index (χ3n) is 2.58. The molecule has 3 N–H and O–H groups in total. The second-order valence-corrected chi connectivity index (χ2v) is 6.40. The number of hydrogen-bond donors (Lipinski definition) is 2. The van der Waals surface area contributed by atoms with Crippen molar-refractivity contribution in [1.29, 1.82) is 0 Å². The van der Waals surface area contributed by atoms with Gasteiger partial charge >= 0.3 is 0 Å². The lowest BCUT2D eigenvalue weighted by Gasteiger charge is -2.14. The SMILES string of the molecule is CC(NS(=O)(=O)c1ccccc1N)c1ccsc1. The average Bonchev–Trinajstić information content (AvgIpc) is 2.82. The molecule has 1 aromatic carbocycles. The predicted octanol–water partition coefficient (Wildman–Crippen LogP) is 2.37. The molecule has 0 spiro atoms. The molecule has 0 aliphatic heterocycles. The zero-order chi connectivity index (χ0) is 13.2. The number of anilines is 1. The van der Waals surface area contributed by atoms with Crippen LogP contribution >= 0.6 is 11.3 Å². The van der Waals surface area contributed by atoms with Crippen LogP contribution in [0, 0.1) is 0 Å². The van der Waals surface area contributed by atoms with E-state index in [9.17, 15) is 8.42 Å². The van der Waals surface area contributed by atoms with Gasteiger partial charge in [0.2, 0.25) is 10.0 Å². The Balaban J connectivity index is 2.26. The van der Waals surface area contributed by atoms with Gasteiger partial charge in [-0.3, -0.25) is 0 Å². The topological polar surface area (TPSA) is 72.2 Å². The molecule has 2 rings (SSSR count). The second-order valence-electron chi connectivity index (χ2n) is 3.94. The molecule has 0 fully saturated rings. The lowest BCUT2D eigenvalue weighted by Crippen LogP contribution is -2.27. The van der Waals surface area contributed by atoms with Crippen molar-refractivity contribution < 1.29 is 8.42 Å². The van der Waals surface area contributed by atoms with E-state index in [1.54, 1.807) is 25.1 Å². The summed E-state index contributed by atoms with van der Waals surface area (Å²) in [6.45, 7) is 1.80. The van der Waals surface area contributed by atoms with E-state index in [1.165, 1.54) is 17.4 Å². The third kappa shape index (κ3) is 2.72. The van der Waals surface area contributed by atoms with E-state index in [-0.39, 0.29) is 16.6 Å². The number of thiophene rings is 1. The van der Waals surface area contributed by atoms with Crippen LogP contribution in [0.4, 0.5) is 5.69 Å². The van der Waals surface area contributed by atoms with Crippen LogP contribution < -0.4 is 10.5 Å². The first-order chi connectivity index (χ1) is 8.50. The molecule has 6 heteroatoms. The van der Waals surface area contributed by atoms with Crippen LogP contribution in [0.3, 0.4) is 0 Å². The zero-order valence-electron chi connectivity index (χ0n) is 9.83. The molecule has 1 aromatic heterocycles. The Morgan fingerprint density at radius 1 is 1.28 bits per heavy atom. The van der Waals surface area contributed by atoms with Crippen molar-refractivity contribution in [3.8, 4) is 0 Å². The first-order valence-corrected chi connectivity index (χ1v) is 7.82. The average molecular weight is 282 g/mol. The van der Waals surface area contributed by atoms with Gasteiger partial charge in [0.15, 0.2) is 0 Å². The lowest BCUT2D eigenvalue weighted by molar-refractivity contribution is 0.567. The Labute approximate surface area is 111 Å². The molecule has 0 amide bonds. The molecule has 0 aliphatic rings. The van der Waals surface area contributed by atoms with Gasteiger partial charge in [-0.1, -0.05) is 12.1 Å². The molecule has 18 heavy (non-hydrogen) atoms. The molecule has 0 bridgehead atoms. The van der Waals surface area contributed by atoms with Crippen molar-refractivity contribution in [3.05, 3.63) is 46.7 Å². The van der Waals surface area contributed by atoms with Crippen molar-refractivity contribution in [1.82, 2.24) is 4.72 Å². The van der Waals surface area contributed by atoms with E-state index in [4.69, 9.17) is 5.73 Å². The van der Waals surface area contributed by atoms with Crippen molar-refractivity contribution in [3.63, 3.8) is 0 Å². The van der Waals surface area contributed by atoms with Gasteiger partial charge in [0.25, 0.3) is 0 Å². The van der Waals surface area contributed by atoms with Gasteiger partial charge in [0, 0.05) is 6.04 Å². The maximum atomic E-state index is 12.2. The molecule has 2 aromatic rings. The van der Waals surface area contributed by atoms with Gasteiger partial charge in [-0.25, -0.2) is 13.1 Å². The number of rotatable bonds is 4. The number of nitrogens with one attached hydrogen (secondary N) is 1. The second kappa shape index (κ2) is 5.09. The Kier molecular flexibility index (Phi) is 3.70. The van der Waals surface area contributed by atoms with Gasteiger partial charge in [-0.2, -0.15) is 11.3 Å². The summed E-state index contributed by atoms with van der Waals surface area (Å²) < 4.78 is 27.0. The highest BCUT2D eigenvalue weighted by Crippen LogP contribution is 2.21. The van der Waals surface area contributed by atoms with Crippen LogP contribution in [0.1, 0.15) is 18.5 Å². The van der Waals surface area contributed by atoms with Crippen LogP contribution in [0.15, 0.2) is 46.0 Å². The number of para-hydroxylation sites is 1. The number of nitrogens with two attached hydrogens (primary N) is 1. The maximum Gasteiger partial charge on any atom is 0.243 e. The van der Waals surface area contributed by atoms with E-state index in [1.807, 2.05) is 16.8 Å². The molecule has 1 atom stereocenters. The molecule has 1 unspecified atom stereocenters. The van der Waals surface area contributed by atoms with Crippen molar-refractivity contribution in [2.75, 3.05) is 5.73 Å². The van der Waals surface area contributed by atoms with E-state index in [2.05, 4.69) is 4.72 Å². The van der Waals surface area contributed by atoms with Crippen molar-refractivity contribution in [2.24, 2.45) is 0 Å². The molecular weight excluding hydrogens is 268 g/mol. The molecule has 0 radical (unpaired) electrons. The summed E-state index contributed by atoms with van der Waals surface area (Å²) in [7, 11) is -3.59.